The number of piperazine rings is 1. The Morgan fingerprint density at radius 1 is 0.881 bits per heavy atom. The highest BCUT2D eigenvalue weighted by Crippen LogP contribution is 2.30. The van der Waals surface area contributed by atoms with Gasteiger partial charge in [0.15, 0.2) is 0 Å². The zero-order valence-electron chi connectivity index (χ0n) is 23.5. The summed E-state index contributed by atoms with van der Waals surface area (Å²) in [6, 6.07) is 28.5. The standard InChI is InChI=1S/C33H33N7O2/c1-24(41)34-16-17-40(32-30-14-15-35-31(30)36-23-37-32)29-9-5-8-27(22-29)33(42)39-20-18-38(19-21-39)28-12-10-26(11-13-28)25-6-3-2-4-7-25/h2-15,22-23H,16-21H2,1H3,(H,34,41)(H,35,36,37). The third-order valence-electron chi connectivity index (χ3n) is 7.61. The normalized spacial score (nSPS) is 13.3. The average molecular weight is 560 g/mol. The quantitative estimate of drug-likeness (QED) is 0.282. The zero-order valence-corrected chi connectivity index (χ0v) is 23.5. The number of carbonyl (C=O) groups excluding carboxylic acids is 2. The first kappa shape index (κ1) is 27.0. The number of benzene rings is 3. The predicted molar refractivity (Wildman–Crippen MR) is 166 cm³/mol. The van der Waals surface area contributed by atoms with Crippen LogP contribution in [-0.2, 0) is 4.79 Å². The lowest BCUT2D eigenvalue weighted by Crippen LogP contribution is -2.48. The van der Waals surface area contributed by atoms with Crippen LogP contribution in [0, 0.1) is 0 Å². The number of nitrogens with one attached hydrogen (secondary N) is 2. The van der Waals surface area contributed by atoms with Gasteiger partial charge in [0.1, 0.15) is 17.8 Å². The predicted octanol–water partition coefficient (Wildman–Crippen LogP) is 4.86. The second kappa shape index (κ2) is 12.1. The highest BCUT2D eigenvalue weighted by atomic mass is 16.2. The summed E-state index contributed by atoms with van der Waals surface area (Å²) in [5.74, 6) is 0.620. The van der Waals surface area contributed by atoms with Crippen LogP contribution in [0.1, 0.15) is 17.3 Å². The molecule has 9 heteroatoms. The summed E-state index contributed by atoms with van der Waals surface area (Å²) in [6.45, 7) is 5.24. The van der Waals surface area contributed by atoms with Gasteiger partial charge in [-0.15, -0.1) is 0 Å². The molecule has 0 radical (unpaired) electrons. The molecule has 6 rings (SSSR count). The van der Waals surface area contributed by atoms with Gasteiger partial charge in [-0.2, -0.15) is 0 Å². The minimum Gasteiger partial charge on any atom is -0.368 e. The summed E-state index contributed by atoms with van der Waals surface area (Å²) < 4.78 is 0. The molecule has 0 bridgehead atoms. The molecular weight excluding hydrogens is 526 g/mol. The number of carbonyl (C=O) groups is 2. The molecule has 0 spiro atoms. The second-order valence-electron chi connectivity index (χ2n) is 10.3. The number of aromatic amines is 1. The van der Waals surface area contributed by atoms with Gasteiger partial charge in [0.05, 0.1) is 5.39 Å². The summed E-state index contributed by atoms with van der Waals surface area (Å²) in [7, 11) is 0. The van der Waals surface area contributed by atoms with Crippen LogP contribution >= 0.6 is 0 Å². The Labute approximate surface area is 244 Å². The van der Waals surface area contributed by atoms with Gasteiger partial charge >= 0.3 is 0 Å². The molecule has 0 atom stereocenters. The van der Waals surface area contributed by atoms with Gasteiger partial charge < -0.3 is 25.0 Å². The van der Waals surface area contributed by atoms with E-state index in [1.807, 2.05) is 52.4 Å². The lowest BCUT2D eigenvalue weighted by atomic mass is 10.1. The second-order valence-corrected chi connectivity index (χ2v) is 10.3. The topological polar surface area (TPSA) is 97.5 Å². The first-order chi connectivity index (χ1) is 20.6. The van der Waals surface area contributed by atoms with E-state index in [1.165, 1.54) is 30.1 Å². The largest absolute Gasteiger partial charge is 0.368 e. The third kappa shape index (κ3) is 5.81. The van der Waals surface area contributed by atoms with E-state index in [0.29, 0.717) is 37.6 Å². The molecule has 1 fully saturated rings. The molecule has 9 nitrogen and oxygen atoms in total. The van der Waals surface area contributed by atoms with E-state index in [2.05, 4.69) is 73.7 Å². The summed E-state index contributed by atoms with van der Waals surface area (Å²) in [5, 5.41) is 3.73. The van der Waals surface area contributed by atoms with Gasteiger partial charge in [0, 0.05) is 69.3 Å². The summed E-state index contributed by atoms with van der Waals surface area (Å²) in [5.41, 5.74) is 5.73. The van der Waals surface area contributed by atoms with Crippen molar-refractivity contribution in [1.82, 2.24) is 25.2 Å². The molecule has 3 aromatic carbocycles. The first-order valence-electron chi connectivity index (χ1n) is 14.2. The van der Waals surface area contributed by atoms with E-state index in [-0.39, 0.29) is 11.8 Å². The minimum absolute atomic E-state index is 0.00668. The van der Waals surface area contributed by atoms with Crippen molar-refractivity contribution in [2.24, 2.45) is 0 Å². The Morgan fingerprint density at radius 2 is 1.64 bits per heavy atom. The van der Waals surface area contributed by atoms with E-state index in [4.69, 9.17) is 0 Å². The number of anilines is 3. The Morgan fingerprint density at radius 3 is 2.40 bits per heavy atom. The Kier molecular flexibility index (Phi) is 7.81. The van der Waals surface area contributed by atoms with Crippen molar-refractivity contribution in [2.75, 3.05) is 49.1 Å². The number of fused-ring (bicyclic) bond motifs is 1. The summed E-state index contributed by atoms with van der Waals surface area (Å²) in [4.78, 5) is 43.5. The Hall–Kier alpha value is -5.18. The molecule has 0 aliphatic carbocycles. The fourth-order valence-corrected chi connectivity index (χ4v) is 5.43. The fraction of sp³-hybridized carbons (Fsp3) is 0.212. The van der Waals surface area contributed by atoms with Crippen molar-refractivity contribution < 1.29 is 9.59 Å². The molecule has 1 aliphatic rings. The molecule has 0 unspecified atom stereocenters. The van der Waals surface area contributed by atoms with Gasteiger partial charge in [0.25, 0.3) is 5.91 Å². The summed E-state index contributed by atoms with van der Waals surface area (Å²) in [6.07, 6.45) is 3.34. The molecule has 5 aromatic rings. The van der Waals surface area contributed by atoms with Gasteiger partial charge in [-0.25, -0.2) is 9.97 Å². The molecular formula is C33H33N7O2. The van der Waals surface area contributed by atoms with Gasteiger partial charge in [0.2, 0.25) is 5.91 Å². The number of rotatable bonds is 8. The van der Waals surface area contributed by atoms with Crippen LogP contribution < -0.4 is 15.1 Å². The average Bonchev–Trinajstić information content (AvgIpc) is 3.53. The fourth-order valence-electron chi connectivity index (χ4n) is 5.43. The Bertz CT molecular complexity index is 1680. The zero-order chi connectivity index (χ0) is 28.9. The number of hydrogen-bond donors (Lipinski definition) is 2. The molecule has 1 saturated heterocycles. The number of H-pyrrole nitrogens is 1. The van der Waals surface area contributed by atoms with Crippen molar-refractivity contribution in [3.05, 3.63) is 103 Å². The molecule has 3 heterocycles. The van der Waals surface area contributed by atoms with Crippen LogP contribution in [-0.4, -0.2) is 70.9 Å². The lowest BCUT2D eigenvalue weighted by Gasteiger charge is -2.36. The molecule has 42 heavy (non-hydrogen) atoms. The van der Waals surface area contributed by atoms with Crippen molar-refractivity contribution in [2.45, 2.75) is 6.92 Å². The molecule has 2 aromatic heterocycles. The van der Waals surface area contributed by atoms with E-state index >= 15 is 0 Å². The number of amides is 2. The molecule has 212 valence electrons. The smallest absolute Gasteiger partial charge is 0.254 e. The highest BCUT2D eigenvalue weighted by molar-refractivity contribution is 5.96. The number of hydrogen-bond acceptors (Lipinski definition) is 6. The van der Waals surface area contributed by atoms with Crippen LogP contribution in [0.5, 0.6) is 0 Å². The van der Waals surface area contributed by atoms with E-state index in [0.717, 1.165) is 29.8 Å². The monoisotopic (exact) mass is 559 g/mol. The van der Waals surface area contributed by atoms with Crippen LogP contribution in [0.2, 0.25) is 0 Å². The van der Waals surface area contributed by atoms with Crippen LogP contribution in [0.25, 0.3) is 22.2 Å². The first-order valence-corrected chi connectivity index (χ1v) is 14.2. The lowest BCUT2D eigenvalue weighted by molar-refractivity contribution is -0.118. The Balaban J connectivity index is 1.16. The van der Waals surface area contributed by atoms with E-state index in [1.54, 1.807) is 0 Å². The maximum absolute atomic E-state index is 13.6. The van der Waals surface area contributed by atoms with Gasteiger partial charge in [-0.05, 0) is 47.5 Å². The third-order valence-corrected chi connectivity index (χ3v) is 7.61. The molecule has 2 amide bonds. The highest BCUT2D eigenvalue weighted by Gasteiger charge is 2.24. The molecule has 0 saturated carbocycles. The molecule has 1 aliphatic heterocycles. The van der Waals surface area contributed by atoms with Crippen molar-refractivity contribution >= 4 is 40.0 Å². The van der Waals surface area contributed by atoms with Crippen LogP contribution in [0.3, 0.4) is 0 Å². The van der Waals surface area contributed by atoms with Crippen molar-refractivity contribution in [3.8, 4) is 11.1 Å². The molecule has 2 N–H and O–H groups in total. The maximum atomic E-state index is 13.6. The van der Waals surface area contributed by atoms with Gasteiger partial charge in [-0.1, -0.05) is 48.5 Å². The summed E-state index contributed by atoms with van der Waals surface area (Å²) >= 11 is 0. The minimum atomic E-state index is -0.0976. The maximum Gasteiger partial charge on any atom is 0.254 e. The number of nitrogens with zero attached hydrogens (tertiary/aromatic N) is 5. The number of aromatic nitrogens is 3. The van der Waals surface area contributed by atoms with Crippen LogP contribution in [0.4, 0.5) is 17.2 Å². The van der Waals surface area contributed by atoms with Gasteiger partial charge in [-0.3, -0.25) is 9.59 Å². The van der Waals surface area contributed by atoms with Crippen molar-refractivity contribution in [1.29, 1.82) is 0 Å². The SMILES string of the molecule is CC(=O)NCCN(c1cccc(C(=O)N2CCN(c3ccc(-c4ccccc4)cc3)CC2)c1)c1ncnc2[nH]ccc12. The van der Waals surface area contributed by atoms with E-state index in [9.17, 15) is 9.59 Å². The van der Waals surface area contributed by atoms with E-state index < -0.39 is 0 Å². The van der Waals surface area contributed by atoms with Crippen molar-refractivity contribution in [3.63, 3.8) is 0 Å². The van der Waals surface area contributed by atoms with Crippen LogP contribution in [0.15, 0.2) is 97.5 Å².